The maximum atomic E-state index is 4.16. The molecule has 1 unspecified atom stereocenters. The number of imidazole rings is 1. The lowest BCUT2D eigenvalue weighted by atomic mass is 9.88. The lowest BCUT2D eigenvalue weighted by Gasteiger charge is -2.26. The molecule has 2 heterocycles. The molecule has 0 aliphatic carbocycles. The van der Waals surface area contributed by atoms with Crippen LogP contribution in [0.5, 0.6) is 0 Å². The summed E-state index contributed by atoms with van der Waals surface area (Å²) in [6.45, 7) is 5.80. The molecule has 12 heavy (non-hydrogen) atoms. The van der Waals surface area contributed by atoms with Crippen LogP contribution in [0.2, 0.25) is 0 Å². The summed E-state index contributed by atoms with van der Waals surface area (Å²) < 4.78 is 2.30. The molecule has 0 amide bonds. The van der Waals surface area contributed by atoms with Crippen molar-refractivity contribution in [1.82, 2.24) is 9.55 Å². The van der Waals surface area contributed by atoms with Crippen molar-refractivity contribution in [2.24, 2.45) is 11.8 Å². The molecule has 0 N–H and O–H groups in total. The highest BCUT2D eigenvalue weighted by Crippen LogP contribution is 2.25. The molecule has 1 aromatic heterocycles. The summed E-state index contributed by atoms with van der Waals surface area (Å²) in [4.78, 5) is 4.16. The predicted molar refractivity (Wildman–Crippen MR) is 48.9 cm³/mol. The van der Waals surface area contributed by atoms with Gasteiger partial charge < -0.3 is 4.57 Å². The van der Waals surface area contributed by atoms with Crippen LogP contribution in [0.3, 0.4) is 0 Å². The van der Waals surface area contributed by atoms with Crippen molar-refractivity contribution >= 4 is 0 Å². The van der Waals surface area contributed by atoms with Gasteiger partial charge in [0.1, 0.15) is 0 Å². The Bertz CT molecular complexity index is 263. The van der Waals surface area contributed by atoms with Crippen LogP contribution >= 0.6 is 0 Å². The average Bonchev–Trinajstić information content (AvgIpc) is 2.49. The fourth-order valence-electron chi connectivity index (χ4n) is 1.94. The van der Waals surface area contributed by atoms with E-state index >= 15 is 0 Å². The zero-order valence-corrected chi connectivity index (χ0v) is 7.83. The van der Waals surface area contributed by atoms with Crippen molar-refractivity contribution in [3.8, 4) is 0 Å². The van der Waals surface area contributed by atoms with E-state index in [-0.39, 0.29) is 0 Å². The normalized spacial score (nSPS) is 22.8. The van der Waals surface area contributed by atoms with E-state index in [2.05, 4.69) is 23.4 Å². The van der Waals surface area contributed by atoms with Crippen LogP contribution in [0.25, 0.3) is 0 Å². The maximum Gasteiger partial charge on any atom is 0.0948 e. The van der Waals surface area contributed by atoms with Gasteiger partial charge in [-0.05, 0) is 24.7 Å². The van der Waals surface area contributed by atoms with E-state index in [1.165, 1.54) is 25.1 Å². The Morgan fingerprint density at radius 1 is 1.58 bits per heavy atom. The van der Waals surface area contributed by atoms with Gasteiger partial charge >= 0.3 is 0 Å². The van der Waals surface area contributed by atoms with E-state index < -0.39 is 0 Å². The Labute approximate surface area is 73.6 Å². The molecule has 0 fully saturated rings. The molecule has 0 radical (unpaired) electrons. The van der Waals surface area contributed by atoms with Crippen molar-refractivity contribution in [3.05, 3.63) is 18.2 Å². The first-order valence-electron chi connectivity index (χ1n) is 4.76. The summed E-state index contributed by atoms with van der Waals surface area (Å²) in [6.07, 6.45) is 6.51. The van der Waals surface area contributed by atoms with E-state index in [0.29, 0.717) is 0 Å². The zero-order chi connectivity index (χ0) is 8.55. The fraction of sp³-hybridized carbons (Fsp3) is 0.700. The average molecular weight is 164 g/mol. The van der Waals surface area contributed by atoms with Gasteiger partial charge in [-0.25, -0.2) is 4.98 Å². The van der Waals surface area contributed by atoms with Gasteiger partial charge in [0, 0.05) is 18.4 Å². The first-order chi connectivity index (χ1) is 5.77. The minimum Gasteiger partial charge on any atom is -0.334 e. The van der Waals surface area contributed by atoms with Crippen molar-refractivity contribution in [2.45, 2.75) is 33.2 Å². The van der Waals surface area contributed by atoms with Gasteiger partial charge in [0.2, 0.25) is 0 Å². The van der Waals surface area contributed by atoms with Crippen molar-refractivity contribution < 1.29 is 0 Å². The minimum absolute atomic E-state index is 0.806. The van der Waals surface area contributed by atoms with Crippen molar-refractivity contribution in [2.75, 3.05) is 0 Å². The summed E-state index contributed by atoms with van der Waals surface area (Å²) in [7, 11) is 0. The number of hydrogen-bond donors (Lipinski definition) is 0. The zero-order valence-electron chi connectivity index (χ0n) is 7.83. The summed E-state index contributed by atoms with van der Waals surface area (Å²) in [6, 6.07) is 0. The summed E-state index contributed by atoms with van der Waals surface area (Å²) in [5, 5.41) is 0. The molecule has 2 heteroatoms. The highest BCUT2D eigenvalue weighted by molar-refractivity contribution is 5.02. The molecule has 0 saturated heterocycles. The molecule has 0 bridgehead atoms. The Hall–Kier alpha value is -0.790. The second-order valence-corrected chi connectivity index (χ2v) is 4.08. The summed E-state index contributed by atoms with van der Waals surface area (Å²) in [5.74, 6) is 1.66. The SMILES string of the molecule is CC(C)C1CCc2cncn2C1. The van der Waals surface area contributed by atoms with Gasteiger partial charge in [-0.15, -0.1) is 0 Å². The van der Waals surface area contributed by atoms with Crippen LogP contribution in [0.1, 0.15) is 26.0 Å². The first kappa shape index (κ1) is 7.84. The lowest BCUT2D eigenvalue weighted by molar-refractivity contribution is 0.285. The number of aromatic nitrogens is 2. The van der Waals surface area contributed by atoms with Gasteiger partial charge in [0.05, 0.1) is 6.33 Å². The molecule has 1 atom stereocenters. The first-order valence-corrected chi connectivity index (χ1v) is 4.76. The van der Waals surface area contributed by atoms with Gasteiger partial charge in [-0.3, -0.25) is 0 Å². The van der Waals surface area contributed by atoms with Crippen LogP contribution in [-0.4, -0.2) is 9.55 Å². The summed E-state index contributed by atoms with van der Waals surface area (Å²) in [5.41, 5.74) is 1.41. The molecule has 0 spiro atoms. The van der Waals surface area contributed by atoms with Crippen LogP contribution in [-0.2, 0) is 13.0 Å². The molecule has 1 aliphatic rings. The number of nitrogens with zero attached hydrogens (tertiary/aromatic N) is 2. The molecule has 0 aromatic carbocycles. The summed E-state index contributed by atoms with van der Waals surface area (Å²) >= 11 is 0. The maximum absolute atomic E-state index is 4.16. The third-order valence-corrected chi connectivity index (χ3v) is 2.94. The third-order valence-electron chi connectivity index (χ3n) is 2.94. The lowest BCUT2D eigenvalue weighted by Crippen LogP contribution is -2.23. The Balaban J connectivity index is 2.15. The van der Waals surface area contributed by atoms with Crippen LogP contribution in [0, 0.1) is 11.8 Å². The van der Waals surface area contributed by atoms with Gasteiger partial charge in [0.25, 0.3) is 0 Å². The molecule has 2 nitrogen and oxygen atoms in total. The highest BCUT2D eigenvalue weighted by Gasteiger charge is 2.20. The van der Waals surface area contributed by atoms with E-state index in [0.717, 1.165) is 11.8 Å². The third kappa shape index (κ3) is 1.26. The standard InChI is InChI=1S/C10H16N2/c1-8(2)9-3-4-10-5-11-7-12(10)6-9/h5,7-9H,3-4,6H2,1-2H3. The Morgan fingerprint density at radius 3 is 3.17 bits per heavy atom. The largest absolute Gasteiger partial charge is 0.334 e. The Kier molecular flexibility index (Phi) is 1.91. The number of aryl methyl sites for hydroxylation is 1. The topological polar surface area (TPSA) is 17.8 Å². The van der Waals surface area contributed by atoms with E-state index in [4.69, 9.17) is 0 Å². The molecule has 1 aliphatic heterocycles. The molecule has 2 rings (SSSR count). The van der Waals surface area contributed by atoms with Crippen molar-refractivity contribution in [1.29, 1.82) is 0 Å². The smallest absolute Gasteiger partial charge is 0.0948 e. The second kappa shape index (κ2) is 2.92. The van der Waals surface area contributed by atoms with Gasteiger partial charge in [0.15, 0.2) is 0 Å². The molecular formula is C10H16N2. The molecular weight excluding hydrogens is 148 g/mol. The second-order valence-electron chi connectivity index (χ2n) is 4.08. The van der Waals surface area contributed by atoms with E-state index in [1.807, 2.05) is 12.5 Å². The predicted octanol–water partition coefficient (Wildman–Crippen LogP) is 2.10. The molecule has 66 valence electrons. The highest BCUT2D eigenvalue weighted by atomic mass is 15.1. The quantitative estimate of drug-likeness (QED) is 0.621. The van der Waals surface area contributed by atoms with Gasteiger partial charge in [-0.1, -0.05) is 13.8 Å². The van der Waals surface area contributed by atoms with E-state index in [9.17, 15) is 0 Å². The number of hydrogen-bond acceptors (Lipinski definition) is 1. The van der Waals surface area contributed by atoms with Gasteiger partial charge in [-0.2, -0.15) is 0 Å². The Morgan fingerprint density at radius 2 is 2.42 bits per heavy atom. The molecule has 0 saturated carbocycles. The van der Waals surface area contributed by atoms with E-state index in [1.54, 1.807) is 0 Å². The number of fused-ring (bicyclic) bond motifs is 1. The van der Waals surface area contributed by atoms with Crippen LogP contribution in [0.15, 0.2) is 12.5 Å². The molecule has 1 aromatic rings. The number of rotatable bonds is 1. The monoisotopic (exact) mass is 164 g/mol. The minimum atomic E-state index is 0.806. The van der Waals surface area contributed by atoms with Crippen molar-refractivity contribution in [3.63, 3.8) is 0 Å². The van der Waals surface area contributed by atoms with Crippen LogP contribution < -0.4 is 0 Å². The fourth-order valence-corrected chi connectivity index (χ4v) is 1.94. The van der Waals surface area contributed by atoms with Crippen LogP contribution in [0.4, 0.5) is 0 Å².